The quantitative estimate of drug-likeness (QED) is 0.671. The van der Waals surface area contributed by atoms with Crippen LogP contribution in [-0.4, -0.2) is 14.8 Å². The van der Waals surface area contributed by atoms with Gasteiger partial charge >= 0.3 is 104 Å². The molecule has 3 heteroatoms. The first kappa shape index (κ1) is 11.9. The third-order valence-electron chi connectivity index (χ3n) is 3.24. The van der Waals surface area contributed by atoms with E-state index in [1.54, 1.807) is 0 Å². The molecule has 0 saturated carbocycles. The molecule has 0 bridgehead atoms. The van der Waals surface area contributed by atoms with E-state index in [0.717, 1.165) is 10.8 Å². The topological polar surface area (TPSA) is 43.1 Å². The summed E-state index contributed by atoms with van der Waals surface area (Å²) in [5.41, 5.74) is 5.49. The van der Waals surface area contributed by atoms with Crippen molar-refractivity contribution in [2.45, 2.75) is 13.3 Å². The first-order valence-corrected chi connectivity index (χ1v) is 9.81. The Hall–Kier alpha value is -0.580. The Morgan fingerprint density at radius 3 is 2.56 bits per heavy atom. The summed E-state index contributed by atoms with van der Waals surface area (Å²) in [6, 6.07) is 10.7. The molecule has 0 spiro atoms. The minimum absolute atomic E-state index is 0.0809. The number of primary amides is 1. The van der Waals surface area contributed by atoms with Crippen LogP contribution in [0, 0.1) is 15.4 Å². The maximum atomic E-state index is 11.4. The van der Waals surface area contributed by atoms with Gasteiger partial charge in [-0.1, -0.05) is 0 Å². The van der Waals surface area contributed by atoms with Crippen molar-refractivity contribution in [1.29, 1.82) is 0 Å². The van der Waals surface area contributed by atoms with E-state index in [0.29, 0.717) is 5.92 Å². The van der Waals surface area contributed by atoms with Crippen LogP contribution in [-0.2, 0) is 4.79 Å². The molecular formula is C13H18INO. The van der Waals surface area contributed by atoms with Gasteiger partial charge in [0.15, 0.2) is 0 Å². The molecule has 0 aromatic heterocycles. The summed E-state index contributed by atoms with van der Waals surface area (Å²) >= 11 is -1.11. The normalized spacial score (nSPS) is 26.9. The van der Waals surface area contributed by atoms with Crippen LogP contribution in [0.4, 0.5) is 0 Å². The van der Waals surface area contributed by atoms with Crippen molar-refractivity contribution in [2.24, 2.45) is 17.6 Å². The fourth-order valence-electron chi connectivity index (χ4n) is 2.21. The van der Waals surface area contributed by atoms with Gasteiger partial charge in [0.2, 0.25) is 0 Å². The van der Waals surface area contributed by atoms with Gasteiger partial charge in [0, 0.05) is 0 Å². The molecular weight excluding hydrogens is 313 g/mol. The standard InChI is InChI=1S/C13H18INO/c1-2-10-8-14(9-12(10)13(15)16)11-6-4-3-5-7-11/h3-7,10,12H,2,8-9H2,1H3,(H2,15,16)/t10-,12+/m1/s1. The molecule has 1 saturated heterocycles. The molecule has 1 heterocycles. The molecule has 0 radical (unpaired) electrons. The number of benzene rings is 1. The molecule has 1 amide bonds. The number of hydrogen-bond donors (Lipinski definition) is 1. The summed E-state index contributed by atoms with van der Waals surface area (Å²) in [6.45, 7) is 2.17. The zero-order valence-electron chi connectivity index (χ0n) is 9.53. The van der Waals surface area contributed by atoms with Crippen molar-refractivity contribution in [3.8, 4) is 0 Å². The second kappa shape index (κ2) is 5.17. The monoisotopic (exact) mass is 331 g/mol. The fourth-order valence-corrected chi connectivity index (χ4v) is 9.92. The van der Waals surface area contributed by atoms with Gasteiger partial charge in [-0.05, 0) is 0 Å². The summed E-state index contributed by atoms with van der Waals surface area (Å²) in [4.78, 5) is 11.4. The Bertz CT molecular complexity index is 365. The summed E-state index contributed by atoms with van der Waals surface area (Å²) in [6.07, 6.45) is 1.09. The molecule has 1 aliphatic heterocycles. The predicted octanol–water partition coefficient (Wildman–Crippen LogP) is 2.50. The first-order valence-electron chi connectivity index (χ1n) is 5.68. The van der Waals surface area contributed by atoms with Gasteiger partial charge in [0.25, 0.3) is 0 Å². The summed E-state index contributed by atoms with van der Waals surface area (Å²) in [5.74, 6) is 0.612. The van der Waals surface area contributed by atoms with Crippen molar-refractivity contribution in [2.75, 3.05) is 8.86 Å². The number of hydrogen-bond acceptors (Lipinski definition) is 1. The van der Waals surface area contributed by atoms with Crippen molar-refractivity contribution >= 4 is 25.7 Å². The Labute approximate surface area is 104 Å². The van der Waals surface area contributed by atoms with Crippen LogP contribution in [0.5, 0.6) is 0 Å². The Kier molecular flexibility index (Phi) is 3.84. The second-order valence-corrected chi connectivity index (χ2v) is 9.85. The van der Waals surface area contributed by atoms with Crippen molar-refractivity contribution in [3.63, 3.8) is 0 Å². The number of rotatable bonds is 3. The van der Waals surface area contributed by atoms with Crippen LogP contribution in [0.15, 0.2) is 30.3 Å². The molecule has 0 aliphatic carbocycles. The number of carbonyl (C=O) groups is 1. The Morgan fingerprint density at radius 2 is 2.06 bits per heavy atom. The van der Waals surface area contributed by atoms with Crippen molar-refractivity contribution < 1.29 is 4.79 Å². The van der Waals surface area contributed by atoms with Gasteiger partial charge in [-0.25, -0.2) is 0 Å². The number of nitrogens with two attached hydrogens (primary N) is 1. The molecule has 16 heavy (non-hydrogen) atoms. The SMILES string of the molecule is CC[C@@H]1CI(c2ccccc2)C[C@@H]1C(N)=O. The van der Waals surface area contributed by atoms with Crippen LogP contribution in [0.1, 0.15) is 13.3 Å². The Morgan fingerprint density at radius 1 is 1.38 bits per heavy atom. The molecule has 2 rings (SSSR count). The van der Waals surface area contributed by atoms with E-state index in [1.807, 2.05) is 0 Å². The van der Waals surface area contributed by atoms with Crippen molar-refractivity contribution in [1.82, 2.24) is 0 Å². The average molecular weight is 331 g/mol. The summed E-state index contributed by atoms with van der Waals surface area (Å²) in [5, 5.41) is 0. The van der Waals surface area contributed by atoms with Gasteiger partial charge in [0.1, 0.15) is 0 Å². The number of amides is 1. The molecule has 88 valence electrons. The van der Waals surface area contributed by atoms with E-state index < -0.39 is 19.8 Å². The molecule has 2 atom stereocenters. The number of carbonyl (C=O) groups excluding carboxylic acids is 1. The molecule has 0 unspecified atom stereocenters. The molecule has 1 aromatic carbocycles. The van der Waals surface area contributed by atoms with E-state index >= 15 is 0 Å². The summed E-state index contributed by atoms with van der Waals surface area (Å²) < 4.78 is 3.86. The summed E-state index contributed by atoms with van der Waals surface area (Å²) in [7, 11) is 0. The van der Waals surface area contributed by atoms with Crippen LogP contribution < -0.4 is 5.73 Å². The first-order chi connectivity index (χ1) is 7.72. The van der Waals surface area contributed by atoms with E-state index in [4.69, 9.17) is 5.73 Å². The van der Waals surface area contributed by atoms with Gasteiger partial charge in [-0.2, -0.15) is 0 Å². The van der Waals surface area contributed by atoms with Gasteiger partial charge < -0.3 is 0 Å². The average Bonchev–Trinajstić information content (AvgIpc) is 2.74. The van der Waals surface area contributed by atoms with Crippen molar-refractivity contribution in [3.05, 3.63) is 33.9 Å². The molecule has 2 nitrogen and oxygen atoms in total. The zero-order valence-corrected chi connectivity index (χ0v) is 11.7. The fraction of sp³-hybridized carbons (Fsp3) is 0.462. The second-order valence-electron chi connectivity index (χ2n) is 4.24. The van der Waals surface area contributed by atoms with E-state index in [1.165, 1.54) is 8.00 Å². The Balaban J connectivity index is 2.14. The maximum absolute atomic E-state index is 11.4. The molecule has 1 aromatic rings. The number of halogens is 1. The molecule has 2 N–H and O–H groups in total. The van der Waals surface area contributed by atoms with E-state index in [-0.39, 0.29) is 11.8 Å². The van der Waals surface area contributed by atoms with Crippen LogP contribution in [0.3, 0.4) is 0 Å². The van der Waals surface area contributed by atoms with Crippen LogP contribution >= 0.6 is 19.8 Å². The molecule has 1 aliphatic rings. The van der Waals surface area contributed by atoms with Crippen LogP contribution in [0.2, 0.25) is 0 Å². The van der Waals surface area contributed by atoms with Crippen LogP contribution in [0.25, 0.3) is 0 Å². The van der Waals surface area contributed by atoms with E-state index in [2.05, 4.69) is 37.3 Å². The predicted molar refractivity (Wildman–Crippen MR) is 75.4 cm³/mol. The third kappa shape index (κ3) is 2.39. The molecule has 1 fully saturated rings. The minimum atomic E-state index is -1.11. The van der Waals surface area contributed by atoms with Gasteiger partial charge in [0.05, 0.1) is 0 Å². The number of alkyl halides is 2. The van der Waals surface area contributed by atoms with Gasteiger partial charge in [-0.15, -0.1) is 0 Å². The zero-order chi connectivity index (χ0) is 11.5. The van der Waals surface area contributed by atoms with Gasteiger partial charge in [-0.3, -0.25) is 0 Å². The van der Waals surface area contributed by atoms with E-state index in [9.17, 15) is 4.79 Å². The third-order valence-corrected chi connectivity index (χ3v) is 9.92.